The van der Waals surface area contributed by atoms with Crippen LogP contribution < -0.4 is 5.32 Å². The highest BCUT2D eigenvalue weighted by Crippen LogP contribution is 2.21. The summed E-state index contributed by atoms with van der Waals surface area (Å²) >= 11 is 3.18. The lowest BCUT2D eigenvalue weighted by Gasteiger charge is -2.36. The number of rotatable bonds is 2. The maximum atomic E-state index is 13.4. The average Bonchev–Trinajstić information content (AvgIpc) is 2.45. The quantitative estimate of drug-likeness (QED) is 0.849. The molecule has 1 aliphatic rings. The monoisotopic (exact) mass is 384 g/mol. The van der Waals surface area contributed by atoms with Gasteiger partial charge in [0, 0.05) is 34.6 Å². The molecule has 0 atom stereocenters. The minimum absolute atomic E-state index is 0.00793. The van der Waals surface area contributed by atoms with E-state index in [-0.39, 0.29) is 23.3 Å². The molecule has 1 saturated heterocycles. The summed E-state index contributed by atoms with van der Waals surface area (Å²) in [6.45, 7) is 6.99. The highest BCUT2D eigenvalue weighted by molar-refractivity contribution is 9.10. The second-order valence-electron chi connectivity index (χ2n) is 6.95. The Morgan fingerprint density at radius 1 is 1.22 bits per heavy atom. The van der Waals surface area contributed by atoms with Crippen molar-refractivity contribution < 1.29 is 14.0 Å². The maximum absolute atomic E-state index is 13.4. The summed E-state index contributed by atoms with van der Waals surface area (Å²) in [7, 11) is 0. The van der Waals surface area contributed by atoms with Gasteiger partial charge in [0.15, 0.2) is 0 Å². The van der Waals surface area contributed by atoms with Crippen molar-refractivity contribution in [3.8, 4) is 0 Å². The van der Waals surface area contributed by atoms with E-state index in [1.165, 1.54) is 12.1 Å². The Kier molecular flexibility index (Phi) is 5.45. The molecular formula is C17H22BrFN2O2. The SMILES string of the molecule is CC(C)(C)C(=O)N1CCC(NC(=O)c2cc(F)cc(Br)c2)CC1. The Bertz CT molecular complexity index is 585. The van der Waals surface area contributed by atoms with E-state index in [0.29, 0.717) is 36.0 Å². The van der Waals surface area contributed by atoms with Crippen molar-refractivity contribution in [1.82, 2.24) is 10.2 Å². The summed E-state index contributed by atoms with van der Waals surface area (Å²) in [6.07, 6.45) is 1.42. The molecule has 2 amide bonds. The molecule has 0 radical (unpaired) electrons. The number of nitrogens with zero attached hydrogens (tertiary/aromatic N) is 1. The molecular weight excluding hydrogens is 363 g/mol. The van der Waals surface area contributed by atoms with Crippen LogP contribution in [0.5, 0.6) is 0 Å². The van der Waals surface area contributed by atoms with Crippen molar-refractivity contribution in [3.05, 3.63) is 34.1 Å². The number of piperidine rings is 1. The standard InChI is InChI=1S/C17H22BrFN2O2/c1-17(2,3)16(23)21-6-4-14(5-7-21)20-15(22)11-8-12(18)10-13(19)9-11/h8-10,14H,4-7H2,1-3H3,(H,20,22). The minimum atomic E-state index is -0.449. The fourth-order valence-electron chi connectivity index (χ4n) is 2.65. The molecule has 1 fully saturated rings. The van der Waals surface area contributed by atoms with Gasteiger partial charge in [-0.1, -0.05) is 36.7 Å². The van der Waals surface area contributed by atoms with Crippen LogP contribution in [0.25, 0.3) is 0 Å². The van der Waals surface area contributed by atoms with Gasteiger partial charge in [-0.3, -0.25) is 9.59 Å². The van der Waals surface area contributed by atoms with Gasteiger partial charge < -0.3 is 10.2 Å². The Labute approximate surface area is 144 Å². The van der Waals surface area contributed by atoms with Gasteiger partial charge in [0.05, 0.1) is 0 Å². The smallest absolute Gasteiger partial charge is 0.251 e. The highest BCUT2D eigenvalue weighted by Gasteiger charge is 2.30. The van der Waals surface area contributed by atoms with Gasteiger partial charge in [0.1, 0.15) is 5.82 Å². The van der Waals surface area contributed by atoms with E-state index in [2.05, 4.69) is 21.2 Å². The van der Waals surface area contributed by atoms with Gasteiger partial charge in [-0.25, -0.2) is 4.39 Å². The van der Waals surface area contributed by atoms with Gasteiger partial charge in [-0.15, -0.1) is 0 Å². The van der Waals surface area contributed by atoms with Crippen LogP contribution in [0.1, 0.15) is 44.0 Å². The Hall–Kier alpha value is -1.43. The second kappa shape index (κ2) is 6.99. The lowest BCUT2D eigenvalue weighted by Crippen LogP contribution is -2.49. The molecule has 126 valence electrons. The number of halogens is 2. The number of carbonyl (C=O) groups is 2. The maximum Gasteiger partial charge on any atom is 0.251 e. The molecule has 0 bridgehead atoms. The first-order valence-corrected chi connectivity index (χ1v) is 8.52. The van der Waals surface area contributed by atoms with Crippen LogP contribution in [0.3, 0.4) is 0 Å². The van der Waals surface area contributed by atoms with Gasteiger partial charge >= 0.3 is 0 Å². The molecule has 0 unspecified atom stereocenters. The number of nitrogens with one attached hydrogen (secondary N) is 1. The van der Waals surface area contributed by atoms with Crippen LogP contribution in [0, 0.1) is 11.2 Å². The molecule has 0 saturated carbocycles. The fraction of sp³-hybridized carbons (Fsp3) is 0.529. The Morgan fingerprint density at radius 2 is 1.83 bits per heavy atom. The first-order chi connectivity index (χ1) is 10.7. The van der Waals surface area contributed by atoms with Gasteiger partial charge in [-0.05, 0) is 31.0 Å². The Morgan fingerprint density at radius 3 is 2.35 bits per heavy atom. The van der Waals surface area contributed by atoms with Crippen LogP contribution in [-0.2, 0) is 4.79 Å². The van der Waals surface area contributed by atoms with Crippen LogP contribution in [0.2, 0.25) is 0 Å². The average molecular weight is 385 g/mol. The van der Waals surface area contributed by atoms with Crippen LogP contribution in [0.15, 0.2) is 22.7 Å². The summed E-state index contributed by atoms with van der Waals surface area (Å²) in [5.41, 5.74) is -0.0886. The molecule has 0 aromatic heterocycles. The zero-order valence-electron chi connectivity index (χ0n) is 13.7. The molecule has 0 aliphatic carbocycles. The number of likely N-dealkylation sites (tertiary alicyclic amines) is 1. The molecule has 4 nitrogen and oxygen atoms in total. The molecule has 1 aromatic rings. The Balaban J connectivity index is 1.91. The topological polar surface area (TPSA) is 49.4 Å². The summed E-state index contributed by atoms with van der Waals surface area (Å²) in [4.78, 5) is 26.3. The van der Waals surface area contributed by atoms with Crippen molar-refractivity contribution in [1.29, 1.82) is 0 Å². The molecule has 6 heteroatoms. The fourth-order valence-corrected chi connectivity index (χ4v) is 3.12. The largest absolute Gasteiger partial charge is 0.349 e. The summed E-state index contributed by atoms with van der Waals surface area (Å²) < 4.78 is 13.9. The zero-order chi connectivity index (χ0) is 17.2. The van der Waals surface area contributed by atoms with Crippen molar-refractivity contribution in [2.75, 3.05) is 13.1 Å². The van der Waals surface area contributed by atoms with Crippen molar-refractivity contribution in [3.63, 3.8) is 0 Å². The van der Waals surface area contributed by atoms with E-state index in [9.17, 15) is 14.0 Å². The van der Waals surface area contributed by atoms with Crippen molar-refractivity contribution >= 4 is 27.7 Å². The summed E-state index contributed by atoms with van der Waals surface area (Å²) in [5, 5.41) is 2.92. The van der Waals surface area contributed by atoms with Gasteiger partial charge in [0.25, 0.3) is 5.91 Å². The zero-order valence-corrected chi connectivity index (χ0v) is 15.2. The normalized spacial score (nSPS) is 16.3. The number of amides is 2. The summed E-state index contributed by atoms with van der Waals surface area (Å²) in [6, 6.07) is 4.14. The highest BCUT2D eigenvalue weighted by atomic mass is 79.9. The molecule has 1 aromatic carbocycles. The molecule has 1 aliphatic heterocycles. The van der Waals surface area contributed by atoms with Gasteiger partial charge in [0.2, 0.25) is 5.91 Å². The van der Waals surface area contributed by atoms with Crippen LogP contribution in [0.4, 0.5) is 4.39 Å². The predicted octanol–water partition coefficient (Wildman–Crippen LogP) is 3.36. The number of hydrogen-bond donors (Lipinski definition) is 1. The van der Waals surface area contributed by atoms with Gasteiger partial charge in [-0.2, -0.15) is 0 Å². The molecule has 1 N–H and O–H groups in total. The van der Waals surface area contributed by atoms with E-state index in [4.69, 9.17) is 0 Å². The van der Waals surface area contributed by atoms with E-state index < -0.39 is 5.82 Å². The first-order valence-electron chi connectivity index (χ1n) is 7.73. The van der Waals surface area contributed by atoms with E-state index >= 15 is 0 Å². The molecule has 2 rings (SSSR count). The van der Waals surface area contributed by atoms with Crippen molar-refractivity contribution in [2.45, 2.75) is 39.7 Å². The third kappa shape index (κ3) is 4.77. The van der Waals surface area contributed by atoms with Crippen LogP contribution >= 0.6 is 15.9 Å². The van der Waals surface area contributed by atoms with E-state index in [1.807, 2.05) is 25.7 Å². The summed E-state index contributed by atoms with van der Waals surface area (Å²) in [5.74, 6) is -0.600. The first kappa shape index (κ1) is 17.9. The second-order valence-corrected chi connectivity index (χ2v) is 7.86. The third-order valence-corrected chi connectivity index (χ3v) is 4.34. The van der Waals surface area contributed by atoms with E-state index in [1.54, 1.807) is 6.07 Å². The van der Waals surface area contributed by atoms with Crippen LogP contribution in [-0.4, -0.2) is 35.8 Å². The number of carbonyl (C=O) groups excluding carboxylic acids is 2. The predicted molar refractivity (Wildman–Crippen MR) is 90.6 cm³/mol. The third-order valence-electron chi connectivity index (χ3n) is 3.88. The minimum Gasteiger partial charge on any atom is -0.349 e. The lowest BCUT2D eigenvalue weighted by molar-refractivity contribution is -0.140. The van der Waals surface area contributed by atoms with Crippen molar-refractivity contribution in [2.24, 2.45) is 5.41 Å². The number of hydrogen-bond acceptors (Lipinski definition) is 2. The molecule has 0 spiro atoms. The molecule has 23 heavy (non-hydrogen) atoms. The molecule has 1 heterocycles. The number of benzene rings is 1. The lowest BCUT2D eigenvalue weighted by atomic mass is 9.93. The van der Waals surface area contributed by atoms with E-state index in [0.717, 1.165) is 0 Å².